The number of benzene rings is 2. The minimum Gasteiger partial charge on any atom is -0.490 e. The van der Waals surface area contributed by atoms with Crippen LogP contribution in [0.2, 0.25) is 5.02 Å². The predicted octanol–water partition coefficient (Wildman–Crippen LogP) is 5.21. The Balaban J connectivity index is 2.01. The van der Waals surface area contributed by atoms with Gasteiger partial charge in [0, 0.05) is 17.1 Å². The van der Waals surface area contributed by atoms with E-state index in [9.17, 15) is 0 Å². The van der Waals surface area contributed by atoms with E-state index in [-0.39, 0.29) is 0 Å². The van der Waals surface area contributed by atoms with Crippen molar-refractivity contribution < 1.29 is 9.47 Å². The van der Waals surface area contributed by atoms with Crippen LogP contribution < -0.4 is 14.8 Å². The summed E-state index contributed by atoms with van der Waals surface area (Å²) in [7, 11) is 0. The van der Waals surface area contributed by atoms with Gasteiger partial charge in [-0.05, 0) is 43.7 Å². The molecule has 2 aromatic carbocycles. The van der Waals surface area contributed by atoms with E-state index in [0.29, 0.717) is 18.2 Å². The zero-order chi connectivity index (χ0) is 17.2. The van der Waals surface area contributed by atoms with Crippen molar-refractivity contribution in [1.82, 2.24) is 5.32 Å². The standard InChI is InChI=1S/C20H26ClNO2/c1-3-5-12-22-14-16-10-11-19(20(13-16)23-4-2)24-15-17-8-6-7-9-18(17)21/h6-11,13,22H,3-5,12,14-15H2,1-2H3. The molecule has 0 radical (unpaired) electrons. The van der Waals surface area contributed by atoms with Crippen LogP contribution in [-0.2, 0) is 13.2 Å². The van der Waals surface area contributed by atoms with Gasteiger partial charge >= 0.3 is 0 Å². The van der Waals surface area contributed by atoms with Crippen LogP contribution in [0.15, 0.2) is 42.5 Å². The third kappa shape index (κ3) is 5.73. The van der Waals surface area contributed by atoms with Gasteiger partial charge in [-0.1, -0.05) is 49.2 Å². The van der Waals surface area contributed by atoms with Crippen molar-refractivity contribution in [2.24, 2.45) is 0 Å². The lowest BCUT2D eigenvalue weighted by Crippen LogP contribution is -2.14. The predicted molar refractivity (Wildman–Crippen MR) is 100 cm³/mol. The fourth-order valence-corrected chi connectivity index (χ4v) is 2.55. The molecule has 0 unspecified atom stereocenters. The van der Waals surface area contributed by atoms with E-state index >= 15 is 0 Å². The molecule has 2 rings (SSSR count). The Morgan fingerprint density at radius 1 is 1.00 bits per heavy atom. The monoisotopic (exact) mass is 347 g/mol. The van der Waals surface area contributed by atoms with Crippen LogP contribution in [0.3, 0.4) is 0 Å². The normalized spacial score (nSPS) is 10.6. The first-order valence-corrected chi connectivity index (χ1v) is 8.95. The number of hydrogen-bond acceptors (Lipinski definition) is 3. The Morgan fingerprint density at radius 2 is 1.83 bits per heavy atom. The number of ether oxygens (including phenoxy) is 2. The smallest absolute Gasteiger partial charge is 0.161 e. The summed E-state index contributed by atoms with van der Waals surface area (Å²) in [5, 5.41) is 4.16. The molecule has 0 aliphatic carbocycles. The summed E-state index contributed by atoms with van der Waals surface area (Å²) in [5.41, 5.74) is 2.16. The van der Waals surface area contributed by atoms with E-state index < -0.39 is 0 Å². The Bertz CT molecular complexity index is 631. The molecule has 24 heavy (non-hydrogen) atoms. The van der Waals surface area contributed by atoms with Crippen molar-refractivity contribution in [3.8, 4) is 11.5 Å². The van der Waals surface area contributed by atoms with Crippen LogP contribution in [0, 0.1) is 0 Å². The van der Waals surface area contributed by atoms with Gasteiger partial charge in [0.1, 0.15) is 6.61 Å². The first kappa shape index (κ1) is 18.6. The largest absolute Gasteiger partial charge is 0.490 e. The fourth-order valence-electron chi connectivity index (χ4n) is 2.36. The number of unbranched alkanes of at least 4 members (excludes halogenated alkanes) is 1. The van der Waals surface area contributed by atoms with E-state index in [1.54, 1.807) is 0 Å². The van der Waals surface area contributed by atoms with Crippen LogP contribution in [0.5, 0.6) is 11.5 Å². The molecule has 2 aromatic rings. The zero-order valence-corrected chi connectivity index (χ0v) is 15.2. The van der Waals surface area contributed by atoms with Crippen molar-refractivity contribution >= 4 is 11.6 Å². The van der Waals surface area contributed by atoms with Crippen molar-refractivity contribution in [3.05, 3.63) is 58.6 Å². The molecule has 0 heterocycles. The number of nitrogens with one attached hydrogen (secondary N) is 1. The number of halogens is 1. The third-order valence-corrected chi connectivity index (χ3v) is 4.05. The molecule has 0 aromatic heterocycles. The van der Waals surface area contributed by atoms with Crippen molar-refractivity contribution in [1.29, 1.82) is 0 Å². The SMILES string of the molecule is CCCCNCc1ccc(OCc2ccccc2Cl)c(OCC)c1. The molecule has 4 heteroatoms. The summed E-state index contributed by atoms with van der Waals surface area (Å²) in [6, 6.07) is 13.8. The average Bonchev–Trinajstić information content (AvgIpc) is 2.59. The molecule has 3 nitrogen and oxygen atoms in total. The van der Waals surface area contributed by atoms with Gasteiger partial charge < -0.3 is 14.8 Å². The van der Waals surface area contributed by atoms with Gasteiger partial charge in [-0.25, -0.2) is 0 Å². The van der Waals surface area contributed by atoms with E-state index in [2.05, 4.69) is 18.3 Å². The van der Waals surface area contributed by atoms with Crippen LogP contribution in [0.4, 0.5) is 0 Å². The minimum absolute atomic E-state index is 0.424. The highest BCUT2D eigenvalue weighted by molar-refractivity contribution is 6.31. The molecule has 1 N–H and O–H groups in total. The number of hydrogen-bond donors (Lipinski definition) is 1. The molecule has 0 fully saturated rings. The summed E-state index contributed by atoms with van der Waals surface area (Å²) in [6.45, 7) is 7.07. The van der Waals surface area contributed by atoms with Gasteiger partial charge in [0.25, 0.3) is 0 Å². The van der Waals surface area contributed by atoms with Crippen LogP contribution in [0.25, 0.3) is 0 Å². The molecule has 0 saturated carbocycles. The second-order valence-electron chi connectivity index (χ2n) is 5.62. The molecule has 0 amide bonds. The van der Waals surface area contributed by atoms with E-state index in [4.69, 9.17) is 21.1 Å². The molecule has 0 bridgehead atoms. The van der Waals surface area contributed by atoms with Crippen LogP contribution in [0.1, 0.15) is 37.8 Å². The van der Waals surface area contributed by atoms with E-state index in [1.165, 1.54) is 18.4 Å². The first-order chi connectivity index (χ1) is 11.7. The molecular weight excluding hydrogens is 322 g/mol. The highest BCUT2D eigenvalue weighted by atomic mass is 35.5. The highest BCUT2D eigenvalue weighted by Crippen LogP contribution is 2.30. The lowest BCUT2D eigenvalue weighted by Gasteiger charge is -2.14. The maximum atomic E-state index is 6.18. The van der Waals surface area contributed by atoms with Crippen molar-refractivity contribution in [2.45, 2.75) is 39.8 Å². The maximum absolute atomic E-state index is 6.18. The summed E-state index contributed by atoms with van der Waals surface area (Å²) in [4.78, 5) is 0. The summed E-state index contributed by atoms with van der Waals surface area (Å²) in [5.74, 6) is 1.52. The summed E-state index contributed by atoms with van der Waals surface area (Å²) < 4.78 is 11.7. The quantitative estimate of drug-likeness (QED) is 0.598. The third-order valence-electron chi connectivity index (χ3n) is 3.69. The lowest BCUT2D eigenvalue weighted by atomic mass is 10.2. The van der Waals surface area contributed by atoms with Crippen LogP contribution in [-0.4, -0.2) is 13.2 Å². The highest BCUT2D eigenvalue weighted by Gasteiger charge is 2.08. The first-order valence-electron chi connectivity index (χ1n) is 8.57. The lowest BCUT2D eigenvalue weighted by molar-refractivity contribution is 0.269. The second kappa shape index (κ2) is 10.2. The van der Waals surface area contributed by atoms with Crippen molar-refractivity contribution in [2.75, 3.05) is 13.2 Å². The van der Waals surface area contributed by atoms with Crippen LogP contribution >= 0.6 is 11.6 Å². The van der Waals surface area contributed by atoms with Gasteiger partial charge in [0.05, 0.1) is 6.61 Å². The van der Waals surface area contributed by atoms with Crippen molar-refractivity contribution in [3.63, 3.8) is 0 Å². The molecular formula is C20H26ClNO2. The molecule has 130 valence electrons. The van der Waals surface area contributed by atoms with Gasteiger partial charge in [0.2, 0.25) is 0 Å². The van der Waals surface area contributed by atoms with Gasteiger partial charge in [-0.15, -0.1) is 0 Å². The minimum atomic E-state index is 0.424. The van der Waals surface area contributed by atoms with E-state index in [1.807, 2.05) is 43.3 Å². The van der Waals surface area contributed by atoms with Gasteiger partial charge in [0.15, 0.2) is 11.5 Å². The fraction of sp³-hybridized carbons (Fsp3) is 0.400. The molecule has 0 aliphatic heterocycles. The van der Waals surface area contributed by atoms with Gasteiger partial charge in [-0.2, -0.15) is 0 Å². The molecule has 0 saturated heterocycles. The van der Waals surface area contributed by atoms with Gasteiger partial charge in [-0.3, -0.25) is 0 Å². The molecule has 0 atom stereocenters. The Labute approximate surface area is 149 Å². The maximum Gasteiger partial charge on any atom is 0.161 e. The average molecular weight is 348 g/mol. The summed E-state index contributed by atoms with van der Waals surface area (Å²) in [6.07, 6.45) is 2.39. The molecule has 0 aliphatic rings. The Hall–Kier alpha value is -1.71. The Morgan fingerprint density at radius 3 is 2.58 bits per heavy atom. The summed E-state index contributed by atoms with van der Waals surface area (Å²) >= 11 is 6.18. The van der Waals surface area contributed by atoms with E-state index in [0.717, 1.165) is 30.2 Å². The second-order valence-corrected chi connectivity index (χ2v) is 6.03. The molecule has 0 spiro atoms. The zero-order valence-electron chi connectivity index (χ0n) is 14.5. The number of rotatable bonds is 10. The Kier molecular flexibility index (Phi) is 7.93. The topological polar surface area (TPSA) is 30.5 Å².